The van der Waals surface area contributed by atoms with Gasteiger partial charge in [-0.05, 0) is 48.5 Å². The van der Waals surface area contributed by atoms with Crippen LogP contribution in [0.25, 0.3) is 0 Å². The Morgan fingerprint density at radius 2 is 0.867 bits per heavy atom. The molecular weight excluding hydrogens is 1010 g/mol. The predicted molar refractivity (Wildman–Crippen MR) is 240 cm³/mol. The minimum absolute atomic E-state index is 0.364. The van der Waals surface area contributed by atoms with Crippen molar-refractivity contribution in [3.63, 3.8) is 0 Å². The number of carbonyl (C=O) groups excluding carboxylic acids is 3. The summed E-state index contributed by atoms with van der Waals surface area (Å²) < 4.78 is 34.5. The lowest BCUT2D eigenvalue weighted by Crippen LogP contribution is -2.61. The van der Waals surface area contributed by atoms with Crippen molar-refractivity contribution in [1.29, 1.82) is 0 Å². The number of hydrogen-bond acceptors (Lipinski definition) is 27. The average Bonchev–Trinajstić information content (AvgIpc) is 3.34. The van der Waals surface area contributed by atoms with Gasteiger partial charge in [-0.3, -0.25) is 0 Å². The molecule has 2 aliphatic rings. The molecule has 2 heterocycles. The molecule has 0 spiro atoms. The first-order chi connectivity index (χ1) is 35.3. The summed E-state index contributed by atoms with van der Waals surface area (Å²) in [5.74, 6) is -22.7. The molecular formula is C48H40O27. The SMILES string of the molecule is O=C(OC[C@H]1O[C@@H](Oc2cc(O)c3c(c2)O[C@H](c2cc(O)c(O)c(O)c2)[C@@H](OC(=O)c2cc(O)c(O)c(O)c2)[C@@H]3c2c(O)cc(O)cc2O)[C@H](OC(=O)c2cc(O)c(O)c(O)c2)[C@@H](O)[C@@H]1O)c1cc(O)c(O)c(O)c1. The quantitative estimate of drug-likeness (QED) is 0.0503. The van der Waals surface area contributed by atoms with Gasteiger partial charge in [-0.25, -0.2) is 14.4 Å². The molecule has 6 aromatic carbocycles. The summed E-state index contributed by atoms with van der Waals surface area (Å²) in [6.45, 7) is -0.989. The maximum absolute atomic E-state index is 13.9. The van der Waals surface area contributed by atoms with Gasteiger partial charge < -0.3 is 120 Å². The Morgan fingerprint density at radius 1 is 0.453 bits per heavy atom. The van der Waals surface area contributed by atoms with Crippen LogP contribution in [0.1, 0.15) is 59.8 Å². The first kappa shape index (κ1) is 51.4. The fraction of sp³-hybridized carbons (Fsp3) is 0.188. The normalized spacial score (nSPS) is 21.0. The van der Waals surface area contributed by atoms with Crippen LogP contribution >= 0.6 is 0 Å². The molecule has 75 heavy (non-hydrogen) atoms. The van der Waals surface area contributed by atoms with E-state index in [1.807, 2.05) is 0 Å². The highest BCUT2D eigenvalue weighted by Crippen LogP contribution is 2.56. The fourth-order valence-corrected chi connectivity index (χ4v) is 8.21. The number of rotatable bonds is 11. The van der Waals surface area contributed by atoms with E-state index in [9.17, 15) is 106 Å². The number of hydrogen-bond donors (Lipinski definition) is 18. The van der Waals surface area contributed by atoms with Crippen LogP contribution in [0.4, 0.5) is 0 Å². The molecule has 0 amide bonds. The van der Waals surface area contributed by atoms with Crippen molar-refractivity contribution in [2.24, 2.45) is 0 Å². The molecule has 0 bridgehead atoms. The third-order valence-electron chi connectivity index (χ3n) is 11.8. The van der Waals surface area contributed by atoms with E-state index < -0.39 is 205 Å². The van der Waals surface area contributed by atoms with Crippen LogP contribution in [0.5, 0.6) is 103 Å². The second-order valence-electron chi connectivity index (χ2n) is 16.7. The van der Waals surface area contributed by atoms with Crippen LogP contribution in [-0.2, 0) is 18.9 Å². The van der Waals surface area contributed by atoms with Crippen molar-refractivity contribution in [2.75, 3.05) is 6.61 Å². The molecule has 27 nitrogen and oxygen atoms in total. The Labute approximate surface area is 417 Å². The van der Waals surface area contributed by atoms with Crippen molar-refractivity contribution in [3.05, 3.63) is 106 Å². The summed E-state index contributed by atoms with van der Waals surface area (Å²) in [5.41, 5.74) is -3.31. The summed E-state index contributed by atoms with van der Waals surface area (Å²) in [7, 11) is 0. The van der Waals surface area contributed by atoms with Gasteiger partial charge in [-0.1, -0.05) is 0 Å². The fourth-order valence-electron chi connectivity index (χ4n) is 8.21. The molecule has 0 radical (unpaired) electrons. The minimum Gasteiger partial charge on any atom is -0.508 e. The molecule has 394 valence electrons. The van der Waals surface area contributed by atoms with E-state index in [1.54, 1.807) is 0 Å². The highest BCUT2D eigenvalue weighted by Gasteiger charge is 2.51. The summed E-state index contributed by atoms with van der Waals surface area (Å²) in [5, 5.41) is 189. The molecule has 8 atom stereocenters. The van der Waals surface area contributed by atoms with Gasteiger partial charge in [0.2, 0.25) is 6.29 Å². The van der Waals surface area contributed by atoms with Gasteiger partial charge >= 0.3 is 17.9 Å². The van der Waals surface area contributed by atoms with Crippen molar-refractivity contribution >= 4 is 17.9 Å². The van der Waals surface area contributed by atoms with E-state index >= 15 is 0 Å². The highest BCUT2D eigenvalue weighted by molar-refractivity contribution is 5.92. The highest BCUT2D eigenvalue weighted by atomic mass is 16.7. The molecule has 8 rings (SSSR count). The van der Waals surface area contributed by atoms with E-state index in [2.05, 4.69) is 0 Å². The third kappa shape index (κ3) is 9.73. The van der Waals surface area contributed by atoms with Crippen LogP contribution in [0.2, 0.25) is 0 Å². The zero-order valence-electron chi connectivity index (χ0n) is 37.5. The monoisotopic (exact) mass is 1050 g/mol. The number of esters is 3. The molecule has 6 aromatic rings. The van der Waals surface area contributed by atoms with Gasteiger partial charge in [0.25, 0.3) is 0 Å². The van der Waals surface area contributed by atoms with Crippen LogP contribution < -0.4 is 9.47 Å². The Kier molecular flexibility index (Phi) is 13.4. The van der Waals surface area contributed by atoms with Crippen LogP contribution in [0.3, 0.4) is 0 Å². The van der Waals surface area contributed by atoms with Gasteiger partial charge in [-0.2, -0.15) is 0 Å². The number of aliphatic hydroxyl groups excluding tert-OH is 2. The molecule has 0 aromatic heterocycles. The Hall–Kier alpha value is -9.99. The van der Waals surface area contributed by atoms with Gasteiger partial charge in [0.15, 0.2) is 87.3 Å². The smallest absolute Gasteiger partial charge is 0.339 e. The minimum atomic E-state index is -2.28. The van der Waals surface area contributed by atoms with Gasteiger partial charge in [-0.15, -0.1) is 0 Å². The Bertz CT molecular complexity index is 3160. The molecule has 1 saturated heterocycles. The number of fused-ring (bicyclic) bond motifs is 1. The topological polar surface area (TPSA) is 471 Å². The summed E-state index contributed by atoms with van der Waals surface area (Å²) in [6, 6.07) is 8.86. The summed E-state index contributed by atoms with van der Waals surface area (Å²) in [6.07, 6.45) is -14.6. The number of benzene rings is 6. The molecule has 1 fully saturated rings. The maximum Gasteiger partial charge on any atom is 0.339 e. The second kappa shape index (κ2) is 19.6. The summed E-state index contributed by atoms with van der Waals surface area (Å²) >= 11 is 0. The standard InChI is InChI=1S/C48H40O27/c49-18-9-20(50)33(21(51)10-18)35-34-22(52)11-19(12-31(34)72-42(14-1-23(53)36(61)24(54)2-14)43(35)74-46(68)16-5-27(57)38(63)28(58)6-16)71-48-44(75-47(69)17-7-29(59)39(64)30(60)8-17)41(66)40(65)32(73-48)13-70-45(67)15-3-25(55)37(62)26(56)4-15/h1-12,32,35,40-44,48-66H,13H2/t32-,35-,40-,41+,42-,43+,44-,48-/m1/s1. The van der Waals surface area contributed by atoms with Crippen molar-refractivity contribution < 1.29 is 135 Å². The van der Waals surface area contributed by atoms with E-state index in [0.717, 1.165) is 36.4 Å². The first-order valence-corrected chi connectivity index (χ1v) is 21.4. The lowest BCUT2D eigenvalue weighted by atomic mass is 9.78. The molecule has 0 saturated carbocycles. The molecule has 2 aliphatic heterocycles. The van der Waals surface area contributed by atoms with E-state index in [4.69, 9.17) is 28.4 Å². The van der Waals surface area contributed by atoms with Gasteiger partial charge in [0.1, 0.15) is 59.4 Å². The van der Waals surface area contributed by atoms with Crippen molar-refractivity contribution in [3.8, 4) is 103 Å². The van der Waals surface area contributed by atoms with Crippen molar-refractivity contribution in [1.82, 2.24) is 0 Å². The zero-order valence-corrected chi connectivity index (χ0v) is 37.5. The Balaban J connectivity index is 1.23. The number of ether oxygens (including phenoxy) is 6. The number of phenolic OH excluding ortho intramolecular Hbond substituents is 16. The molecule has 27 heteroatoms. The van der Waals surface area contributed by atoms with E-state index in [1.165, 1.54) is 0 Å². The van der Waals surface area contributed by atoms with E-state index in [-0.39, 0.29) is 5.56 Å². The van der Waals surface area contributed by atoms with E-state index in [0.29, 0.717) is 36.4 Å². The largest absolute Gasteiger partial charge is 0.508 e. The number of aliphatic hydroxyl groups is 2. The van der Waals surface area contributed by atoms with Crippen LogP contribution in [-0.4, -0.2) is 153 Å². The molecule has 18 N–H and O–H groups in total. The third-order valence-corrected chi connectivity index (χ3v) is 11.8. The Morgan fingerprint density at radius 3 is 1.33 bits per heavy atom. The lowest BCUT2D eigenvalue weighted by molar-refractivity contribution is -0.276. The zero-order chi connectivity index (χ0) is 54.6. The first-order valence-electron chi connectivity index (χ1n) is 21.4. The lowest BCUT2D eigenvalue weighted by Gasteiger charge is -2.42. The number of carbonyl (C=O) groups is 3. The summed E-state index contributed by atoms with van der Waals surface area (Å²) in [4.78, 5) is 40.4. The maximum atomic E-state index is 13.9. The number of aromatic hydroxyl groups is 16. The van der Waals surface area contributed by atoms with Crippen LogP contribution in [0, 0.1) is 0 Å². The molecule has 0 unspecified atom stereocenters. The van der Waals surface area contributed by atoms with Gasteiger partial charge in [0, 0.05) is 41.0 Å². The van der Waals surface area contributed by atoms with Gasteiger partial charge in [0.05, 0.1) is 22.6 Å². The molecule has 0 aliphatic carbocycles. The second-order valence-corrected chi connectivity index (χ2v) is 16.7. The average molecular weight is 1050 g/mol. The number of phenols is 16. The van der Waals surface area contributed by atoms with Crippen molar-refractivity contribution in [2.45, 2.75) is 48.8 Å². The predicted octanol–water partition coefficient (Wildman–Crippen LogP) is 2.38. The van der Waals surface area contributed by atoms with Crippen LogP contribution in [0.15, 0.2) is 72.8 Å².